The van der Waals surface area contributed by atoms with Crippen LogP contribution in [0.3, 0.4) is 0 Å². The fourth-order valence-electron chi connectivity index (χ4n) is 3.38. The van der Waals surface area contributed by atoms with Gasteiger partial charge in [-0.1, -0.05) is 19.8 Å². The minimum atomic E-state index is -0.112. The Morgan fingerprint density at radius 3 is 3.00 bits per heavy atom. The first-order valence-corrected chi connectivity index (χ1v) is 6.98. The Bertz CT molecular complexity index is 582. The molecule has 0 saturated carbocycles. The molecule has 1 atom stereocenters. The lowest BCUT2D eigenvalue weighted by atomic mass is 9.84. The van der Waals surface area contributed by atoms with Crippen molar-refractivity contribution in [3.8, 4) is 0 Å². The Labute approximate surface area is 107 Å². The smallest absolute Gasteiger partial charge is 0.124 e. The summed E-state index contributed by atoms with van der Waals surface area (Å²) in [6.45, 7) is 4.23. The molecule has 1 aliphatic rings. The van der Waals surface area contributed by atoms with Gasteiger partial charge in [0.25, 0.3) is 0 Å². The summed E-state index contributed by atoms with van der Waals surface area (Å²) in [5.41, 5.74) is 4.87. The maximum Gasteiger partial charge on any atom is 0.124 e. The van der Waals surface area contributed by atoms with Crippen molar-refractivity contribution in [1.29, 1.82) is 0 Å². The van der Waals surface area contributed by atoms with Crippen molar-refractivity contribution in [3.63, 3.8) is 0 Å². The third kappa shape index (κ3) is 1.84. The van der Waals surface area contributed by atoms with E-state index in [-0.39, 0.29) is 5.82 Å². The van der Waals surface area contributed by atoms with Crippen molar-refractivity contribution >= 4 is 10.9 Å². The highest BCUT2D eigenvalue weighted by Gasteiger charge is 2.22. The number of aryl methyl sites for hydroxylation is 2. The van der Waals surface area contributed by atoms with Crippen LogP contribution in [-0.4, -0.2) is 4.98 Å². The highest BCUT2D eigenvalue weighted by Crippen LogP contribution is 2.34. The Morgan fingerprint density at radius 1 is 1.39 bits per heavy atom. The van der Waals surface area contributed by atoms with Gasteiger partial charge in [-0.15, -0.1) is 0 Å². The molecule has 1 N–H and O–H groups in total. The fourth-order valence-corrected chi connectivity index (χ4v) is 3.38. The van der Waals surface area contributed by atoms with Crippen LogP contribution in [-0.2, 0) is 12.8 Å². The zero-order valence-corrected chi connectivity index (χ0v) is 11.1. The summed E-state index contributed by atoms with van der Waals surface area (Å²) in [7, 11) is 0. The number of H-pyrrole nitrogens is 1. The Morgan fingerprint density at radius 2 is 2.22 bits per heavy atom. The largest absolute Gasteiger partial charge is 0.358 e. The van der Waals surface area contributed by atoms with Gasteiger partial charge in [-0.2, -0.15) is 0 Å². The van der Waals surface area contributed by atoms with Gasteiger partial charge in [0.2, 0.25) is 0 Å². The Kier molecular flexibility index (Phi) is 2.89. The molecule has 0 radical (unpaired) electrons. The molecule has 1 aliphatic carbocycles. The highest BCUT2D eigenvalue weighted by atomic mass is 19.1. The zero-order valence-electron chi connectivity index (χ0n) is 11.1. The van der Waals surface area contributed by atoms with Gasteiger partial charge in [0.05, 0.1) is 0 Å². The maximum absolute atomic E-state index is 13.6. The predicted octanol–water partition coefficient (Wildman–Crippen LogP) is 4.52. The van der Waals surface area contributed by atoms with Crippen LogP contribution in [0.15, 0.2) is 12.1 Å². The minimum absolute atomic E-state index is 0.112. The van der Waals surface area contributed by atoms with E-state index in [1.165, 1.54) is 30.5 Å². The van der Waals surface area contributed by atoms with Crippen molar-refractivity contribution < 1.29 is 4.39 Å². The highest BCUT2D eigenvalue weighted by molar-refractivity contribution is 5.87. The van der Waals surface area contributed by atoms with Crippen LogP contribution in [0.4, 0.5) is 4.39 Å². The average Bonchev–Trinajstić information content (AvgIpc) is 2.68. The first kappa shape index (κ1) is 11.8. The molecule has 1 nitrogen and oxygen atoms in total. The van der Waals surface area contributed by atoms with Crippen LogP contribution in [0.2, 0.25) is 0 Å². The monoisotopic (exact) mass is 245 g/mol. The minimum Gasteiger partial charge on any atom is -0.358 e. The summed E-state index contributed by atoms with van der Waals surface area (Å²) in [6.07, 6.45) is 6.05. The van der Waals surface area contributed by atoms with Gasteiger partial charge in [-0.05, 0) is 55.4 Å². The second-order valence-electron chi connectivity index (χ2n) is 5.62. The molecule has 0 spiro atoms. The fraction of sp³-hybridized carbons (Fsp3) is 0.500. The quantitative estimate of drug-likeness (QED) is 0.800. The van der Waals surface area contributed by atoms with E-state index in [1.807, 2.05) is 6.92 Å². The second-order valence-corrected chi connectivity index (χ2v) is 5.62. The molecular weight excluding hydrogens is 225 g/mol. The number of rotatable bonds is 2. The van der Waals surface area contributed by atoms with E-state index in [0.717, 1.165) is 35.2 Å². The maximum atomic E-state index is 13.6. The molecule has 0 aliphatic heterocycles. The molecule has 1 aromatic carbocycles. The van der Waals surface area contributed by atoms with Gasteiger partial charge < -0.3 is 4.98 Å². The molecule has 1 heterocycles. The van der Waals surface area contributed by atoms with E-state index in [9.17, 15) is 4.39 Å². The topological polar surface area (TPSA) is 15.8 Å². The molecule has 1 aromatic heterocycles. The third-order valence-corrected chi connectivity index (χ3v) is 4.26. The van der Waals surface area contributed by atoms with E-state index >= 15 is 0 Å². The van der Waals surface area contributed by atoms with Gasteiger partial charge in [0.15, 0.2) is 0 Å². The van der Waals surface area contributed by atoms with Gasteiger partial charge in [-0.25, -0.2) is 4.39 Å². The molecule has 0 saturated heterocycles. The number of halogens is 1. The van der Waals surface area contributed by atoms with Crippen LogP contribution in [0.5, 0.6) is 0 Å². The Balaban J connectivity index is 2.09. The van der Waals surface area contributed by atoms with Gasteiger partial charge in [0, 0.05) is 16.6 Å². The van der Waals surface area contributed by atoms with E-state index < -0.39 is 0 Å². The first-order valence-electron chi connectivity index (χ1n) is 6.98. The standard InChI is InChI=1S/C16H20FN/c1-3-4-11-5-6-15-13(8-11)14-9-12(17)7-10(2)16(14)18-15/h7,9,11,18H,3-6,8H2,1-2H3. The number of aromatic nitrogens is 1. The van der Waals surface area contributed by atoms with Crippen molar-refractivity contribution in [2.75, 3.05) is 0 Å². The van der Waals surface area contributed by atoms with Crippen LogP contribution in [0, 0.1) is 18.7 Å². The van der Waals surface area contributed by atoms with Gasteiger partial charge in [0.1, 0.15) is 5.82 Å². The predicted molar refractivity (Wildman–Crippen MR) is 73.4 cm³/mol. The van der Waals surface area contributed by atoms with Crippen molar-refractivity contribution in [2.24, 2.45) is 5.92 Å². The summed E-state index contributed by atoms with van der Waals surface area (Å²) in [5.74, 6) is 0.671. The first-order chi connectivity index (χ1) is 8.69. The lowest BCUT2D eigenvalue weighted by Crippen LogP contribution is -2.13. The van der Waals surface area contributed by atoms with Gasteiger partial charge >= 0.3 is 0 Å². The molecule has 2 aromatic rings. The zero-order chi connectivity index (χ0) is 12.7. The molecular formula is C16H20FN. The van der Waals surface area contributed by atoms with E-state index in [2.05, 4.69) is 11.9 Å². The lowest BCUT2D eigenvalue weighted by molar-refractivity contribution is 0.422. The SMILES string of the molecule is CCCC1CCc2[nH]c3c(C)cc(F)cc3c2C1. The van der Waals surface area contributed by atoms with E-state index in [1.54, 1.807) is 12.1 Å². The van der Waals surface area contributed by atoms with Crippen molar-refractivity contribution in [3.05, 3.63) is 34.8 Å². The van der Waals surface area contributed by atoms with Crippen LogP contribution in [0.1, 0.15) is 43.0 Å². The molecule has 2 heteroatoms. The van der Waals surface area contributed by atoms with E-state index in [0.29, 0.717) is 0 Å². The van der Waals surface area contributed by atoms with Crippen molar-refractivity contribution in [2.45, 2.75) is 46.0 Å². The summed E-state index contributed by atoms with van der Waals surface area (Å²) >= 11 is 0. The summed E-state index contributed by atoms with van der Waals surface area (Å²) in [4.78, 5) is 3.51. The lowest BCUT2D eigenvalue weighted by Gasteiger charge is -2.21. The Hall–Kier alpha value is -1.31. The number of benzene rings is 1. The molecule has 1 unspecified atom stereocenters. The van der Waals surface area contributed by atoms with Crippen LogP contribution >= 0.6 is 0 Å². The van der Waals surface area contributed by atoms with Gasteiger partial charge in [-0.3, -0.25) is 0 Å². The second kappa shape index (κ2) is 4.42. The molecule has 0 amide bonds. The molecule has 96 valence electrons. The van der Waals surface area contributed by atoms with Crippen molar-refractivity contribution in [1.82, 2.24) is 4.98 Å². The molecule has 0 bridgehead atoms. The average molecular weight is 245 g/mol. The van der Waals surface area contributed by atoms with Crippen LogP contribution < -0.4 is 0 Å². The van der Waals surface area contributed by atoms with Crippen LogP contribution in [0.25, 0.3) is 10.9 Å². The molecule has 0 fully saturated rings. The normalized spacial score (nSPS) is 19.2. The number of aromatic amines is 1. The number of fused-ring (bicyclic) bond motifs is 3. The molecule has 18 heavy (non-hydrogen) atoms. The summed E-state index contributed by atoms with van der Waals surface area (Å²) in [5, 5.41) is 1.11. The third-order valence-electron chi connectivity index (χ3n) is 4.26. The number of hydrogen-bond donors (Lipinski definition) is 1. The molecule has 3 rings (SSSR count). The summed E-state index contributed by atoms with van der Waals surface area (Å²) < 4.78 is 13.6. The van der Waals surface area contributed by atoms with E-state index in [4.69, 9.17) is 0 Å². The number of hydrogen-bond acceptors (Lipinski definition) is 0. The number of nitrogens with one attached hydrogen (secondary N) is 1. The summed E-state index contributed by atoms with van der Waals surface area (Å²) in [6, 6.07) is 3.32.